The van der Waals surface area contributed by atoms with Crippen molar-refractivity contribution < 1.29 is 23.5 Å². The fourth-order valence-corrected chi connectivity index (χ4v) is 3.98. The Balaban J connectivity index is 1.33. The van der Waals surface area contributed by atoms with E-state index in [2.05, 4.69) is 10.3 Å². The van der Waals surface area contributed by atoms with Crippen LogP contribution >= 0.6 is 11.8 Å². The normalized spacial score (nSPS) is 15.4. The molecule has 3 heterocycles. The molecule has 3 aromatic rings. The Kier molecular flexibility index (Phi) is 5.62. The summed E-state index contributed by atoms with van der Waals surface area (Å²) in [5, 5.41) is 3.32. The number of hydrogen-bond acceptors (Lipinski definition) is 6. The SMILES string of the molecule is COc1ccc2[nH]cc(CCNC(=O)CN3C(=O)SC(=Cc4ccco4)C3=O)c2c1. The minimum atomic E-state index is -0.500. The van der Waals surface area contributed by atoms with Gasteiger partial charge < -0.3 is 19.5 Å². The number of H-pyrrole nitrogens is 1. The average Bonchev–Trinajstić information content (AvgIpc) is 3.45. The third kappa shape index (κ3) is 4.11. The summed E-state index contributed by atoms with van der Waals surface area (Å²) in [7, 11) is 1.61. The number of ether oxygens (including phenoxy) is 1. The quantitative estimate of drug-likeness (QED) is 0.564. The van der Waals surface area contributed by atoms with Gasteiger partial charge in [0.05, 0.1) is 18.3 Å². The molecule has 1 fully saturated rings. The first kappa shape index (κ1) is 19.8. The molecule has 0 bridgehead atoms. The van der Waals surface area contributed by atoms with E-state index in [9.17, 15) is 14.4 Å². The predicted octanol–water partition coefficient (Wildman–Crippen LogP) is 3.16. The lowest BCUT2D eigenvalue weighted by molar-refractivity contribution is -0.129. The van der Waals surface area contributed by atoms with Crippen molar-refractivity contribution >= 4 is 45.8 Å². The molecule has 1 aliphatic rings. The number of furan rings is 1. The molecule has 3 amide bonds. The van der Waals surface area contributed by atoms with Crippen molar-refractivity contribution in [3.05, 3.63) is 59.0 Å². The summed E-state index contributed by atoms with van der Waals surface area (Å²) in [4.78, 5) is 41.2. The van der Waals surface area contributed by atoms with Crippen LogP contribution in [0.25, 0.3) is 17.0 Å². The van der Waals surface area contributed by atoms with Crippen molar-refractivity contribution in [3.63, 3.8) is 0 Å². The summed E-state index contributed by atoms with van der Waals surface area (Å²) in [6.07, 6.45) is 5.47. The average molecular weight is 425 g/mol. The van der Waals surface area contributed by atoms with Crippen LogP contribution in [0.3, 0.4) is 0 Å². The highest BCUT2D eigenvalue weighted by molar-refractivity contribution is 8.18. The zero-order chi connectivity index (χ0) is 21.1. The van der Waals surface area contributed by atoms with Crippen molar-refractivity contribution in [1.82, 2.24) is 15.2 Å². The second kappa shape index (κ2) is 8.50. The standard InChI is InChI=1S/C21H19N3O5S/c1-28-14-4-5-17-16(9-14)13(11-23-17)6-7-22-19(25)12-24-20(26)18(30-21(24)27)10-15-3-2-8-29-15/h2-5,8-11,23H,6-7,12H2,1H3,(H,22,25). The van der Waals surface area contributed by atoms with Crippen LogP contribution in [0.4, 0.5) is 4.79 Å². The number of rotatable bonds is 7. The summed E-state index contributed by atoms with van der Waals surface area (Å²) in [6.45, 7) is 0.0589. The molecular weight excluding hydrogens is 406 g/mol. The van der Waals surface area contributed by atoms with E-state index in [0.29, 0.717) is 18.7 Å². The zero-order valence-electron chi connectivity index (χ0n) is 16.1. The molecule has 0 atom stereocenters. The molecule has 2 N–H and O–H groups in total. The number of aromatic nitrogens is 1. The smallest absolute Gasteiger partial charge is 0.294 e. The molecule has 9 heteroatoms. The second-order valence-corrected chi connectivity index (χ2v) is 7.60. The van der Waals surface area contributed by atoms with Gasteiger partial charge in [-0.2, -0.15) is 0 Å². The molecule has 0 radical (unpaired) electrons. The molecule has 30 heavy (non-hydrogen) atoms. The van der Waals surface area contributed by atoms with Crippen LogP contribution in [-0.2, 0) is 16.0 Å². The lowest BCUT2D eigenvalue weighted by Crippen LogP contribution is -2.40. The number of aromatic amines is 1. The van der Waals surface area contributed by atoms with E-state index >= 15 is 0 Å². The highest BCUT2D eigenvalue weighted by Crippen LogP contribution is 2.32. The Morgan fingerprint density at radius 2 is 2.20 bits per heavy atom. The van der Waals surface area contributed by atoms with E-state index in [1.807, 2.05) is 24.4 Å². The fourth-order valence-electron chi connectivity index (χ4n) is 3.17. The number of amides is 3. The maximum Gasteiger partial charge on any atom is 0.294 e. The third-order valence-corrected chi connectivity index (χ3v) is 5.59. The molecule has 8 nitrogen and oxygen atoms in total. The van der Waals surface area contributed by atoms with Crippen molar-refractivity contribution in [2.45, 2.75) is 6.42 Å². The van der Waals surface area contributed by atoms with Crippen LogP contribution in [0, 0.1) is 0 Å². The maximum atomic E-state index is 12.4. The number of hydrogen-bond donors (Lipinski definition) is 2. The lowest BCUT2D eigenvalue weighted by Gasteiger charge is -2.12. The van der Waals surface area contributed by atoms with Crippen LogP contribution < -0.4 is 10.1 Å². The van der Waals surface area contributed by atoms with E-state index < -0.39 is 17.1 Å². The van der Waals surface area contributed by atoms with Gasteiger partial charge in [0.2, 0.25) is 5.91 Å². The van der Waals surface area contributed by atoms with E-state index in [0.717, 1.165) is 38.9 Å². The summed E-state index contributed by atoms with van der Waals surface area (Å²) in [5.74, 6) is 0.337. The van der Waals surface area contributed by atoms with Gasteiger partial charge in [0.1, 0.15) is 18.1 Å². The maximum absolute atomic E-state index is 12.4. The summed E-state index contributed by atoms with van der Waals surface area (Å²) in [5.41, 5.74) is 2.02. The van der Waals surface area contributed by atoms with Gasteiger partial charge in [0, 0.05) is 29.7 Å². The summed E-state index contributed by atoms with van der Waals surface area (Å²) < 4.78 is 10.4. The number of fused-ring (bicyclic) bond motifs is 1. The molecule has 154 valence electrons. The third-order valence-electron chi connectivity index (χ3n) is 4.68. The summed E-state index contributed by atoms with van der Waals surface area (Å²) >= 11 is 0.791. The first-order valence-electron chi connectivity index (χ1n) is 9.24. The van der Waals surface area contributed by atoms with E-state index in [1.54, 1.807) is 19.2 Å². The number of carbonyl (C=O) groups excluding carboxylic acids is 3. The van der Waals surface area contributed by atoms with Gasteiger partial charge in [-0.15, -0.1) is 0 Å². The highest BCUT2D eigenvalue weighted by atomic mass is 32.2. The molecule has 0 saturated carbocycles. The topological polar surface area (TPSA) is 105 Å². The molecule has 1 aromatic carbocycles. The Hall–Kier alpha value is -3.46. The summed E-state index contributed by atoms with van der Waals surface area (Å²) in [6, 6.07) is 9.12. The number of imide groups is 1. The number of methoxy groups -OCH3 is 1. The van der Waals surface area contributed by atoms with Gasteiger partial charge in [0.25, 0.3) is 11.1 Å². The number of nitrogens with one attached hydrogen (secondary N) is 2. The molecule has 0 spiro atoms. The fraction of sp³-hybridized carbons (Fsp3) is 0.190. The van der Waals surface area contributed by atoms with Crippen molar-refractivity contribution in [1.29, 1.82) is 0 Å². The van der Waals surface area contributed by atoms with Crippen molar-refractivity contribution in [2.75, 3.05) is 20.2 Å². The van der Waals surface area contributed by atoms with Gasteiger partial charge in [-0.05, 0) is 54.1 Å². The lowest BCUT2D eigenvalue weighted by atomic mass is 10.1. The van der Waals surface area contributed by atoms with Crippen LogP contribution in [0.5, 0.6) is 5.75 Å². The van der Waals surface area contributed by atoms with E-state index in [-0.39, 0.29) is 11.4 Å². The monoisotopic (exact) mass is 425 g/mol. The molecule has 0 aliphatic carbocycles. The molecule has 0 unspecified atom stereocenters. The van der Waals surface area contributed by atoms with Crippen LogP contribution in [-0.4, -0.2) is 47.1 Å². The van der Waals surface area contributed by atoms with E-state index in [1.165, 1.54) is 12.3 Å². The number of nitrogens with zero attached hydrogens (tertiary/aromatic N) is 1. The van der Waals surface area contributed by atoms with Gasteiger partial charge in [-0.3, -0.25) is 19.3 Å². The van der Waals surface area contributed by atoms with Crippen LogP contribution in [0.2, 0.25) is 0 Å². The van der Waals surface area contributed by atoms with E-state index in [4.69, 9.17) is 9.15 Å². The minimum Gasteiger partial charge on any atom is -0.497 e. The van der Waals surface area contributed by atoms with Crippen LogP contribution in [0.1, 0.15) is 11.3 Å². The zero-order valence-corrected chi connectivity index (χ0v) is 17.0. The highest BCUT2D eigenvalue weighted by Gasteiger charge is 2.36. The van der Waals surface area contributed by atoms with Gasteiger partial charge >= 0.3 is 0 Å². The van der Waals surface area contributed by atoms with Gasteiger partial charge in [-0.25, -0.2) is 0 Å². The van der Waals surface area contributed by atoms with Crippen molar-refractivity contribution in [3.8, 4) is 5.75 Å². The van der Waals surface area contributed by atoms with Crippen LogP contribution in [0.15, 0.2) is 52.1 Å². The number of carbonyl (C=O) groups is 3. The Morgan fingerprint density at radius 1 is 1.33 bits per heavy atom. The van der Waals surface area contributed by atoms with Gasteiger partial charge in [-0.1, -0.05) is 0 Å². The molecule has 1 saturated heterocycles. The van der Waals surface area contributed by atoms with Crippen molar-refractivity contribution in [2.24, 2.45) is 0 Å². The largest absolute Gasteiger partial charge is 0.497 e. The Morgan fingerprint density at radius 3 is 2.97 bits per heavy atom. The number of thioether (sulfide) groups is 1. The first-order chi connectivity index (χ1) is 14.5. The number of benzene rings is 1. The molecule has 2 aromatic heterocycles. The first-order valence-corrected chi connectivity index (χ1v) is 10.1. The molecular formula is C21H19N3O5S. The van der Waals surface area contributed by atoms with Gasteiger partial charge in [0.15, 0.2) is 0 Å². The Labute approximate surface area is 176 Å². The molecule has 4 rings (SSSR count). The molecule has 1 aliphatic heterocycles. The minimum absolute atomic E-state index is 0.232. The Bertz CT molecular complexity index is 1130. The second-order valence-electron chi connectivity index (χ2n) is 6.61. The predicted molar refractivity (Wildman–Crippen MR) is 113 cm³/mol.